The maximum Gasteiger partial charge on any atom is 0.192 e. The first-order valence-electron chi connectivity index (χ1n) is 6.62. The summed E-state index contributed by atoms with van der Waals surface area (Å²) >= 11 is 0. The van der Waals surface area contributed by atoms with E-state index < -0.39 is 0 Å². The van der Waals surface area contributed by atoms with Crippen molar-refractivity contribution in [3.63, 3.8) is 0 Å². The molecule has 0 radical (unpaired) electrons. The van der Waals surface area contributed by atoms with Gasteiger partial charge in [0.2, 0.25) is 0 Å². The van der Waals surface area contributed by atoms with E-state index in [4.69, 9.17) is 4.42 Å². The first-order chi connectivity index (χ1) is 9.74. The Balaban J connectivity index is 1.75. The Hall–Kier alpha value is -2.49. The zero-order chi connectivity index (χ0) is 13.9. The predicted octanol–water partition coefficient (Wildman–Crippen LogP) is 3.79. The van der Waals surface area contributed by atoms with E-state index in [0.29, 0.717) is 5.89 Å². The van der Waals surface area contributed by atoms with E-state index in [2.05, 4.69) is 27.8 Å². The van der Waals surface area contributed by atoms with Crippen LogP contribution in [0.25, 0.3) is 11.1 Å². The van der Waals surface area contributed by atoms with Crippen molar-refractivity contribution in [3.8, 4) is 0 Å². The minimum atomic E-state index is 0.693. The van der Waals surface area contributed by atoms with E-state index in [0.717, 1.165) is 29.0 Å². The molecule has 2 aromatic carbocycles. The highest BCUT2D eigenvalue weighted by atomic mass is 16.3. The molecule has 0 bridgehead atoms. The minimum absolute atomic E-state index is 0.693. The minimum Gasteiger partial charge on any atom is -0.441 e. The van der Waals surface area contributed by atoms with Crippen molar-refractivity contribution in [3.05, 3.63) is 53.9 Å². The van der Waals surface area contributed by atoms with Gasteiger partial charge in [-0.25, -0.2) is 4.98 Å². The number of oxazole rings is 1. The molecule has 3 rings (SSSR count). The highest BCUT2D eigenvalue weighted by molar-refractivity contribution is 5.77. The molecular formula is C16H17N3O. The van der Waals surface area contributed by atoms with E-state index in [1.807, 2.05) is 44.3 Å². The molecule has 0 aliphatic heterocycles. The van der Waals surface area contributed by atoms with Crippen LogP contribution < -0.4 is 10.6 Å². The van der Waals surface area contributed by atoms with Gasteiger partial charge < -0.3 is 15.1 Å². The fourth-order valence-corrected chi connectivity index (χ4v) is 2.19. The fourth-order valence-electron chi connectivity index (χ4n) is 2.19. The monoisotopic (exact) mass is 267 g/mol. The van der Waals surface area contributed by atoms with E-state index >= 15 is 0 Å². The summed E-state index contributed by atoms with van der Waals surface area (Å²) in [5.74, 6) is 0.693. The van der Waals surface area contributed by atoms with Crippen LogP contribution in [0.3, 0.4) is 0 Å². The van der Waals surface area contributed by atoms with Crippen LogP contribution in [0.1, 0.15) is 11.5 Å². The third kappa shape index (κ3) is 2.59. The van der Waals surface area contributed by atoms with E-state index in [-0.39, 0.29) is 0 Å². The Bertz CT molecular complexity index is 733. The molecule has 1 heterocycles. The molecule has 0 aliphatic carbocycles. The number of anilines is 2. The second-order valence-electron chi connectivity index (χ2n) is 4.72. The van der Waals surface area contributed by atoms with Gasteiger partial charge in [-0.3, -0.25) is 0 Å². The molecule has 0 saturated carbocycles. The molecule has 4 nitrogen and oxygen atoms in total. The molecule has 0 unspecified atom stereocenters. The highest BCUT2D eigenvalue weighted by Gasteiger charge is 2.03. The predicted molar refractivity (Wildman–Crippen MR) is 82.1 cm³/mol. The maximum atomic E-state index is 5.54. The number of hydrogen-bond acceptors (Lipinski definition) is 4. The van der Waals surface area contributed by atoms with Crippen molar-refractivity contribution in [2.24, 2.45) is 0 Å². The molecule has 0 spiro atoms. The third-order valence-electron chi connectivity index (χ3n) is 3.21. The topological polar surface area (TPSA) is 50.1 Å². The van der Waals surface area contributed by atoms with Gasteiger partial charge in [-0.2, -0.15) is 0 Å². The number of aryl methyl sites for hydroxylation is 1. The van der Waals surface area contributed by atoms with Crippen LogP contribution in [0.4, 0.5) is 11.4 Å². The fraction of sp³-hybridized carbons (Fsp3) is 0.188. The maximum absolute atomic E-state index is 5.54. The number of fused-ring (bicyclic) bond motifs is 1. The lowest BCUT2D eigenvalue weighted by molar-refractivity contribution is 0.561. The summed E-state index contributed by atoms with van der Waals surface area (Å²) in [5, 5.41) is 6.54. The summed E-state index contributed by atoms with van der Waals surface area (Å²) in [6.07, 6.45) is 0. The van der Waals surface area contributed by atoms with Crippen LogP contribution in [0.5, 0.6) is 0 Å². The van der Waals surface area contributed by atoms with Crippen LogP contribution >= 0.6 is 0 Å². The largest absolute Gasteiger partial charge is 0.441 e. The molecule has 0 aliphatic rings. The lowest BCUT2D eigenvalue weighted by Crippen LogP contribution is -2.00. The smallest absolute Gasteiger partial charge is 0.192 e. The third-order valence-corrected chi connectivity index (χ3v) is 3.21. The SMILES string of the molecule is CNc1cccc(CNc2ccc3nc(C)oc3c2)c1. The van der Waals surface area contributed by atoms with Gasteiger partial charge in [0.1, 0.15) is 5.52 Å². The summed E-state index contributed by atoms with van der Waals surface area (Å²) in [6, 6.07) is 14.3. The van der Waals surface area contributed by atoms with E-state index in [9.17, 15) is 0 Å². The Morgan fingerprint density at radius 3 is 2.85 bits per heavy atom. The number of benzene rings is 2. The average Bonchev–Trinajstić information content (AvgIpc) is 2.84. The molecule has 0 atom stereocenters. The van der Waals surface area contributed by atoms with Crippen molar-refractivity contribution < 1.29 is 4.42 Å². The zero-order valence-electron chi connectivity index (χ0n) is 11.6. The van der Waals surface area contributed by atoms with Crippen LogP contribution in [-0.2, 0) is 6.54 Å². The van der Waals surface area contributed by atoms with Crippen LogP contribution in [-0.4, -0.2) is 12.0 Å². The van der Waals surface area contributed by atoms with Crippen molar-refractivity contribution in [2.75, 3.05) is 17.7 Å². The Labute approximate surface area is 117 Å². The lowest BCUT2D eigenvalue weighted by Gasteiger charge is -2.08. The molecule has 4 heteroatoms. The molecule has 2 N–H and O–H groups in total. The summed E-state index contributed by atoms with van der Waals surface area (Å²) in [6.45, 7) is 2.63. The second kappa shape index (κ2) is 5.25. The van der Waals surface area contributed by atoms with E-state index in [1.54, 1.807) is 0 Å². The standard InChI is InChI=1S/C16H17N3O/c1-11-19-15-7-6-14(9-16(15)20-11)18-10-12-4-3-5-13(8-12)17-2/h3-9,17-18H,10H2,1-2H3. The van der Waals surface area contributed by atoms with Crippen molar-refractivity contribution in [2.45, 2.75) is 13.5 Å². The molecule has 0 saturated heterocycles. The number of aromatic nitrogens is 1. The van der Waals surface area contributed by atoms with Gasteiger partial charge in [0.15, 0.2) is 11.5 Å². The normalized spacial score (nSPS) is 10.7. The molecule has 1 aromatic heterocycles. The van der Waals surface area contributed by atoms with Gasteiger partial charge in [0.05, 0.1) is 0 Å². The summed E-state index contributed by atoms with van der Waals surface area (Å²) < 4.78 is 5.54. The average molecular weight is 267 g/mol. The van der Waals surface area contributed by atoms with Crippen molar-refractivity contribution >= 4 is 22.5 Å². The molecule has 20 heavy (non-hydrogen) atoms. The number of rotatable bonds is 4. The summed E-state index contributed by atoms with van der Waals surface area (Å²) in [5.41, 5.74) is 5.08. The lowest BCUT2D eigenvalue weighted by atomic mass is 10.2. The van der Waals surface area contributed by atoms with Crippen molar-refractivity contribution in [1.29, 1.82) is 0 Å². The highest BCUT2D eigenvalue weighted by Crippen LogP contribution is 2.20. The second-order valence-corrected chi connectivity index (χ2v) is 4.72. The first kappa shape index (κ1) is 12.5. The Kier molecular flexibility index (Phi) is 3.29. The molecule has 0 fully saturated rings. The van der Waals surface area contributed by atoms with Gasteiger partial charge >= 0.3 is 0 Å². The van der Waals surface area contributed by atoms with Gasteiger partial charge in [-0.15, -0.1) is 0 Å². The Morgan fingerprint density at radius 2 is 2.00 bits per heavy atom. The van der Waals surface area contributed by atoms with Crippen LogP contribution in [0.15, 0.2) is 46.9 Å². The number of nitrogens with one attached hydrogen (secondary N) is 2. The van der Waals surface area contributed by atoms with Crippen LogP contribution in [0, 0.1) is 6.92 Å². The summed E-state index contributed by atoms with van der Waals surface area (Å²) in [7, 11) is 1.92. The van der Waals surface area contributed by atoms with Gasteiger partial charge in [0.25, 0.3) is 0 Å². The van der Waals surface area contributed by atoms with E-state index in [1.165, 1.54) is 5.56 Å². The number of hydrogen-bond donors (Lipinski definition) is 2. The molecular weight excluding hydrogens is 250 g/mol. The zero-order valence-corrected chi connectivity index (χ0v) is 11.6. The molecule has 102 valence electrons. The van der Waals surface area contributed by atoms with Gasteiger partial charge in [-0.1, -0.05) is 12.1 Å². The molecule has 3 aromatic rings. The van der Waals surface area contributed by atoms with Gasteiger partial charge in [0, 0.05) is 38.0 Å². The number of nitrogens with zero attached hydrogens (tertiary/aromatic N) is 1. The Morgan fingerprint density at radius 1 is 1.10 bits per heavy atom. The summed E-state index contributed by atoms with van der Waals surface area (Å²) in [4.78, 5) is 4.29. The quantitative estimate of drug-likeness (QED) is 0.755. The molecule has 0 amide bonds. The van der Waals surface area contributed by atoms with Crippen molar-refractivity contribution in [1.82, 2.24) is 4.98 Å². The first-order valence-corrected chi connectivity index (χ1v) is 6.62. The van der Waals surface area contributed by atoms with Crippen LogP contribution in [0.2, 0.25) is 0 Å². The van der Waals surface area contributed by atoms with Gasteiger partial charge in [-0.05, 0) is 29.8 Å².